The summed E-state index contributed by atoms with van der Waals surface area (Å²) in [5, 5.41) is 9.00. The summed E-state index contributed by atoms with van der Waals surface area (Å²) in [6.07, 6.45) is 0.0983. The number of anilines is 2. The van der Waals surface area contributed by atoms with Gasteiger partial charge in [0.15, 0.2) is 5.69 Å². The van der Waals surface area contributed by atoms with Crippen LogP contribution in [0.3, 0.4) is 0 Å². The average Bonchev–Trinajstić information content (AvgIpc) is 2.92. The first-order valence-electron chi connectivity index (χ1n) is 7.48. The van der Waals surface area contributed by atoms with Gasteiger partial charge in [-0.15, -0.1) is 0 Å². The number of nitrogens with zero attached hydrogens (tertiary/aromatic N) is 2. The van der Waals surface area contributed by atoms with Crippen molar-refractivity contribution >= 4 is 23.8 Å². The first-order valence-corrected chi connectivity index (χ1v) is 7.48. The number of carbonyl (C=O) groups excluding carboxylic acids is 1. The van der Waals surface area contributed by atoms with E-state index in [4.69, 9.17) is 14.3 Å². The van der Waals surface area contributed by atoms with Crippen LogP contribution < -0.4 is 4.90 Å². The largest absolute Gasteiger partial charge is 0.476 e. The minimum absolute atomic E-state index is 0.277. The van der Waals surface area contributed by atoms with Gasteiger partial charge in [0.05, 0.1) is 5.69 Å². The quantitative estimate of drug-likeness (QED) is 0.891. The normalized spacial score (nSPS) is 11.3. The third-order valence-corrected chi connectivity index (χ3v) is 3.20. The number of carboxylic acids is 1. The fourth-order valence-corrected chi connectivity index (χ4v) is 2.06. The molecule has 0 radical (unpaired) electrons. The third-order valence-electron chi connectivity index (χ3n) is 3.20. The number of carbonyl (C=O) groups is 2. The molecule has 8 heteroatoms. The summed E-state index contributed by atoms with van der Waals surface area (Å²) >= 11 is 0. The molecule has 7 nitrogen and oxygen atoms in total. The number of halogens is 1. The van der Waals surface area contributed by atoms with E-state index in [-0.39, 0.29) is 17.4 Å². The highest BCUT2D eigenvalue weighted by molar-refractivity contribution is 5.95. The minimum atomic E-state index is -1.30. The van der Waals surface area contributed by atoms with Crippen LogP contribution in [0.1, 0.15) is 42.4 Å². The predicted molar refractivity (Wildman–Crippen MR) is 87.7 cm³/mol. The van der Waals surface area contributed by atoms with Crippen molar-refractivity contribution < 1.29 is 28.2 Å². The van der Waals surface area contributed by atoms with E-state index in [1.165, 1.54) is 12.1 Å². The molecule has 0 spiro atoms. The van der Waals surface area contributed by atoms with E-state index in [0.717, 1.165) is 11.2 Å². The Hall–Kier alpha value is -2.90. The summed E-state index contributed by atoms with van der Waals surface area (Å²) in [6.45, 7) is 8.21. The van der Waals surface area contributed by atoms with Gasteiger partial charge in [0.25, 0.3) is 0 Å². The second-order valence-electron chi connectivity index (χ2n) is 6.52. The summed E-state index contributed by atoms with van der Waals surface area (Å²) in [6, 6.07) is 2.43. The molecular formula is C17H19FN2O5. The van der Waals surface area contributed by atoms with Crippen LogP contribution in [0.15, 0.2) is 22.8 Å². The Labute approximate surface area is 144 Å². The van der Waals surface area contributed by atoms with Gasteiger partial charge in [-0.05, 0) is 57.9 Å². The number of rotatable bonds is 3. The molecule has 0 aliphatic heterocycles. The molecule has 1 aromatic heterocycles. The molecule has 1 amide bonds. The molecule has 0 saturated carbocycles. The van der Waals surface area contributed by atoms with Crippen LogP contribution in [-0.2, 0) is 4.74 Å². The molecule has 0 aliphatic carbocycles. The van der Waals surface area contributed by atoms with E-state index in [9.17, 15) is 14.0 Å². The summed E-state index contributed by atoms with van der Waals surface area (Å²) in [7, 11) is 0. The Morgan fingerprint density at radius 2 is 1.88 bits per heavy atom. The summed E-state index contributed by atoms with van der Waals surface area (Å²) in [5.41, 5.74) is -0.143. The molecule has 0 atom stereocenters. The van der Waals surface area contributed by atoms with E-state index < -0.39 is 23.5 Å². The van der Waals surface area contributed by atoms with Gasteiger partial charge in [-0.3, -0.25) is 0 Å². The maximum absolute atomic E-state index is 13.8. The lowest BCUT2D eigenvalue weighted by atomic mass is 10.1. The van der Waals surface area contributed by atoms with Crippen LogP contribution in [-0.4, -0.2) is 27.8 Å². The van der Waals surface area contributed by atoms with Crippen LogP contribution in [0.25, 0.3) is 0 Å². The number of hydrogen-bond donors (Lipinski definition) is 1. The van der Waals surface area contributed by atoms with Gasteiger partial charge in [0, 0.05) is 0 Å². The summed E-state index contributed by atoms with van der Waals surface area (Å²) in [4.78, 5) is 28.5. The molecule has 25 heavy (non-hydrogen) atoms. The van der Waals surface area contributed by atoms with Crippen molar-refractivity contribution in [2.45, 2.75) is 40.2 Å². The van der Waals surface area contributed by atoms with Crippen LogP contribution in [0.5, 0.6) is 0 Å². The number of oxazole rings is 1. The molecule has 0 fully saturated rings. The second kappa shape index (κ2) is 6.54. The van der Waals surface area contributed by atoms with Crippen molar-refractivity contribution in [1.82, 2.24) is 4.98 Å². The van der Waals surface area contributed by atoms with Crippen LogP contribution in [0.2, 0.25) is 0 Å². The SMILES string of the molecule is Cc1cc(N(C(=O)OC(C)(C)C)c2nc(C(=O)O)co2)c(C)cc1F. The molecule has 0 unspecified atom stereocenters. The molecule has 134 valence electrons. The lowest BCUT2D eigenvalue weighted by Gasteiger charge is -2.26. The van der Waals surface area contributed by atoms with Gasteiger partial charge >= 0.3 is 18.1 Å². The molecule has 1 aromatic carbocycles. The standard InChI is InChI=1S/C17H19FN2O5/c1-9-7-13(10(2)6-11(9)18)20(16(23)25-17(3,4)5)15-19-12(8-24-15)14(21)22/h6-8H,1-5H3,(H,21,22). The van der Waals surface area contributed by atoms with Crippen molar-refractivity contribution in [1.29, 1.82) is 0 Å². The number of benzene rings is 1. The molecule has 1 N–H and O–H groups in total. The number of carboxylic acid groups (broad SMARTS) is 1. The number of amides is 1. The molecule has 0 bridgehead atoms. The second-order valence-corrected chi connectivity index (χ2v) is 6.52. The Kier molecular flexibility index (Phi) is 4.82. The predicted octanol–water partition coefficient (Wildman–Crippen LogP) is 4.20. The molecule has 0 aliphatic rings. The van der Waals surface area contributed by atoms with E-state index in [2.05, 4.69) is 4.98 Å². The van der Waals surface area contributed by atoms with Gasteiger partial charge in [-0.2, -0.15) is 9.88 Å². The van der Waals surface area contributed by atoms with Crippen molar-refractivity contribution in [2.24, 2.45) is 0 Å². The van der Waals surface area contributed by atoms with E-state index in [1.54, 1.807) is 34.6 Å². The average molecular weight is 350 g/mol. The fraction of sp³-hybridized carbons (Fsp3) is 0.353. The van der Waals surface area contributed by atoms with E-state index in [1.807, 2.05) is 0 Å². The van der Waals surface area contributed by atoms with E-state index in [0.29, 0.717) is 11.1 Å². The number of ether oxygens (including phenoxy) is 1. The maximum atomic E-state index is 13.8. The van der Waals surface area contributed by atoms with Gasteiger partial charge in [-0.1, -0.05) is 0 Å². The zero-order valence-electron chi connectivity index (χ0n) is 14.6. The molecule has 2 rings (SSSR count). The van der Waals surface area contributed by atoms with Gasteiger partial charge in [0.1, 0.15) is 17.7 Å². The summed E-state index contributed by atoms with van der Waals surface area (Å²) < 4.78 is 24.2. The number of aromatic carboxylic acids is 1. The Balaban J connectivity index is 2.57. The first-order chi connectivity index (χ1) is 11.5. The van der Waals surface area contributed by atoms with Crippen molar-refractivity contribution in [3.05, 3.63) is 41.0 Å². The van der Waals surface area contributed by atoms with Crippen molar-refractivity contribution in [2.75, 3.05) is 4.90 Å². The summed E-state index contributed by atoms with van der Waals surface area (Å²) in [5.74, 6) is -1.73. The topological polar surface area (TPSA) is 92.9 Å². The van der Waals surface area contributed by atoms with Crippen LogP contribution >= 0.6 is 0 Å². The highest BCUT2D eigenvalue weighted by Crippen LogP contribution is 2.31. The number of aryl methyl sites for hydroxylation is 2. The van der Waals surface area contributed by atoms with Crippen molar-refractivity contribution in [3.8, 4) is 0 Å². The zero-order chi connectivity index (χ0) is 18.9. The lowest BCUT2D eigenvalue weighted by molar-refractivity contribution is 0.0590. The minimum Gasteiger partial charge on any atom is -0.476 e. The van der Waals surface area contributed by atoms with Crippen LogP contribution in [0, 0.1) is 19.7 Å². The fourth-order valence-electron chi connectivity index (χ4n) is 2.06. The molecular weight excluding hydrogens is 331 g/mol. The first kappa shape index (κ1) is 18.4. The molecule has 2 aromatic rings. The highest BCUT2D eigenvalue weighted by atomic mass is 19.1. The smallest absolute Gasteiger partial charge is 0.423 e. The van der Waals surface area contributed by atoms with Gasteiger partial charge in [-0.25, -0.2) is 14.0 Å². The molecule has 1 heterocycles. The Morgan fingerprint density at radius 1 is 1.24 bits per heavy atom. The van der Waals surface area contributed by atoms with Crippen molar-refractivity contribution in [3.63, 3.8) is 0 Å². The number of hydrogen-bond acceptors (Lipinski definition) is 5. The Morgan fingerprint density at radius 3 is 2.40 bits per heavy atom. The number of aromatic nitrogens is 1. The Bertz CT molecular complexity index is 823. The van der Waals surface area contributed by atoms with E-state index >= 15 is 0 Å². The zero-order valence-corrected chi connectivity index (χ0v) is 14.6. The molecule has 0 saturated heterocycles. The van der Waals surface area contributed by atoms with Crippen LogP contribution in [0.4, 0.5) is 20.9 Å². The monoisotopic (exact) mass is 350 g/mol. The van der Waals surface area contributed by atoms with Gasteiger partial charge < -0.3 is 14.3 Å². The lowest BCUT2D eigenvalue weighted by Crippen LogP contribution is -2.34. The van der Waals surface area contributed by atoms with Gasteiger partial charge in [0.2, 0.25) is 0 Å². The third kappa shape index (κ3) is 4.14. The maximum Gasteiger partial charge on any atom is 0.423 e. The highest BCUT2D eigenvalue weighted by Gasteiger charge is 2.30.